The highest BCUT2D eigenvalue weighted by atomic mass is 15.2. The van der Waals surface area contributed by atoms with Crippen molar-refractivity contribution in [3.63, 3.8) is 0 Å². The number of fused-ring (bicyclic) bond motifs is 1. The lowest BCUT2D eigenvalue weighted by Gasteiger charge is -2.29. The van der Waals surface area contributed by atoms with Crippen molar-refractivity contribution in [2.24, 2.45) is 5.73 Å². The summed E-state index contributed by atoms with van der Waals surface area (Å²) in [6.45, 7) is 0.592. The molecule has 1 aliphatic rings. The van der Waals surface area contributed by atoms with Crippen LogP contribution in [0.5, 0.6) is 0 Å². The van der Waals surface area contributed by atoms with Crippen molar-refractivity contribution in [2.75, 3.05) is 23.9 Å². The predicted molar refractivity (Wildman–Crippen MR) is 60.3 cm³/mol. The van der Waals surface area contributed by atoms with E-state index in [1.54, 1.807) is 0 Å². The molecule has 0 spiro atoms. The van der Waals surface area contributed by atoms with Crippen molar-refractivity contribution < 1.29 is 0 Å². The van der Waals surface area contributed by atoms with Crippen molar-refractivity contribution in [3.8, 4) is 0 Å². The minimum absolute atomic E-state index is 0.592. The van der Waals surface area contributed by atoms with Crippen LogP contribution in [-0.2, 0) is 6.54 Å². The topological polar surface area (TPSA) is 32.5 Å². The molecule has 2 N–H and O–H groups in total. The van der Waals surface area contributed by atoms with Gasteiger partial charge in [0.2, 0.25) is 0 Å². The second kappa shape index (κ2) is 3.35. The molecule has 2 rings (SSSR count). The van der Waals surface area contributed by atoms with Gasteiger partial charge in [0.05, 0.1) is 11.4 Å². The summed E-state index contributed by atoms with van der Waals surface area (Å²) in [7, 11) is 4.09. The summed E-state index contributed by atoms with van der Waals surface area (Å²) >= 11 is 0. The second-order valence-corrected chi connectivity index (χ2v) is 3.55. The van der Waals surface area contributed by atoms with E-state index in [4.69, 9.17) is 5.73 Å². The van der Waals surface area contributed by atoms with Crippen LogP contribution in [0.1, 0.15) is 5.56 Å². The number of benzene rings is 1. The molecule has 0 fully saturated rings. The fourth-order valence-corrected chi connectivity index (χ4v) is 1.64. The van der Waals surface area contributed by atoms with Crippen LogP contribution in [0, 0.1) is 0 Å². The number of hydrogen-bond acceptors (Lipinski definition) is 3. The lowest BCUT2D eigenvalue weighted by molar-refractivity contribution is 1.04. The SMILES string of the molecule is CN1C=CN(C)c2cc(CN)ccc21. The molecule has 74 valence electrons. The fourth-order valence-electron chi connectivity index (χ4n) is 1.64. The summed E-state index contributed by atoms with van der Waals surface area (Å²) in [5.74, 6) is 0. The van der Waals surface area contributed by atoms with E-state index in [9.17, 15) is 0 Å². The molecule has 14 heavy (non-hydrogen) atoms. The number of rotatable bonds is 1. The monoisotopic (exact) mass is 189 g/mol. The summed E-state index contributed by atoms with van der Waals surface area (Å²) < 4.78 is 0. The van der Waals surface area contributed by atoms with Gasteiger partial charge < -0.3 is 15.5 Å². The van der Waals surface area contributed by atoms with E-state index in [0.717, 1.165) is 0 Å². The maximum Gasteiger partial charge on any atom is 0.0648 e. The molecular weight excluding hydrogens is 174 g/mol. The Hall–Kier alpha value is -1.48. The first kappa shape index (κ1) is 9.09. The average molecular weight is 189 g/mol. The standard InChI is InChI=1S/C11H15N3/c1-13-5-6-14(2)11-7-9(8-12)3-4-10(11)13/h3-7H,8,12H2,1-2H3. The minimum Gasteiger partial charge on any atom is -0.348 e. The summed E-state index contributed by atoms with van der Waals surface area (Å²) in [5, 5.41) is 0. The molecule has 0 aliphatic carbocycles. The summed E-state index contributed by atoms with van der Waals surface area (Å²) in [4.78, 5) is 4.21. The lowest BCUT2D eigenvalue weighted by atomic mass is 10.1. The Morgan fingerprint density at radius 3 is 2.36 bits per heavy atom. The largest absolute Gasteiger partial charge is 0.348 e. The number of hydrogen-bond donors (Lipinski definition) is 1. The first-order valence-corrected chi connectivity index (χ1v) is 4.69. The first-order chi connectivity index (χ1) is 6.72. The molecule has 0 saturated heterocycles. The van der Waals surface area contributed by atoms with Crippen LogP contribution in [0.15, 0.2) is 30.6 Å². The maximum atomic E-state index is 5.61. The molecule has 1 aromatic carbocycles. The molecular formula is C11H15N3. The Labute approximate surface area is 84.4 Å². The van der Waals surface area contributed by atoms with E-state index in [0.29, 0.717) is 6.54 Å². The molecule has 1 aliphatic heterocycles. The van der Waals surface area contributed by atoms with Crippen LogP contribution in [-0.4, -0.2) is 14.1 Å². The molecule has 0 radical (unpaired) electrons. The second-order valence-electron chi connectivity index (χ2n) is 3.55. The van der Waals surface area contributed by atoms with Crippen LogP contribution < -0.4 is 15.5 Å². The summed E-state index contributed by atoms with van der Waals surface area (Å²) in [5.41, 5.74) is 9.20. The average Bonchev–Trinajstić information content (AvgIpc) is 2.23. The lowest BCUT2D eigenvalue weighted by Crippen LogP contribution is -2.22. The maximum absolute atomic E-state index is 5.61. The van der Waals surface area contributed by atoms with Crippen LogP contribution in [0.2, 0.25) is 0 Å². The smallest absolute Gasteiger partial charge is 0.0648 e. The van der Waals surface area contributed by atoms with Crippen molar-refractivity contribution in [1.82, 2.24) is 0 Å². The van der Waals surface area contributed by atoms with Gasteiger partial charge in [-0.2, -0.15) is 0 Å². The Morgan fingerprint density at radius 2 is 1.71 bits per heavy atom. The Kier molecular flexibility index (Phi) is 2.17. The quantitative estimate of drug-likeness (QED) is 0.726. The molecule has 0 unspecified atom stereocenters. The molecule has 3 heteroatoms. The molecule has 1 aromatic rings. The van der Waals surface area contributed by atoms with Crippen LogP contribution >= 0.6 is 0 Å². The van der Waals surface area contributed by atoms with Crippen molar-refractivity contribution in [1.29, 1.82) is 0 Å². The van der Waals surface area contributed by atoms with Gasteiger partial charge in [0.25, 0.3) is 0 Å². The van der Waals surface area contributed by atoms with Gasteiger partial charge in [-0.1, -0.05) is 6.07 Å². The Morgan fingerprint density at radius 1 is 1.07 bits per heavy atom. The first-order valence-electron chi connectivity index (χ1n) is 4.69. The predicted octanol–water partition coefficient (Wildman–Crippen LogP) is 1.50. The van der Waals surface area contributed by atoms with Gasteiger partial charge in [-0.05, 0) is 17.7 Å². The van der Waals surface area contributed by atoms with E-state index in [1.165, 1.54) is 16.9 Å². The highest BCUT2D eigenvalue weighted by molar-refractivity contribution is 5.76. The van der Waals surface area contributed by atoms with Crippen LogP contribution in [0.25, 0.3) is 0 Å². The normalized spacial score (nSPS) is 14.5. The van der Waals surface area contributed by atoms with E-state index >= 15 is 0 Å². The zero-order valence-corrected chi connectivity index (χ0v) is 8.57. The Bertz CT molecular complexity index is 371. The van der Waals surface area contributed by atoms with Crippen molar-refractivity contribution >= 4 is 11.4 Å². The van der Waals surface area contributed by atoms with Gasteiger partial charge >= 0.3 is 0 Å². The molecule has 1 heterocycles. The van der Waals surface area contributed by atoms with Gasteiger partial charge in [0.1, 0.15) is 0 Å². The van der Waals surface area contributed by atoms with Crippen molar-refractivity contribution in [3.05, 3.63) is 36.2 Å². The number of nitrogens with zero attached hydrogens (tertiary/aromatic N) is 2. The molecule has 0 aromatic heterocycles. The van der Waals surface area contributed by atoms with Crippen molar-refractivity contribution in [2.45, 2.75) is 6.54 Å². The van der Waals surface area contributed by atoms with Crippen LogP contribution in [0.4, 0.5) is 11.4 Å². The molecule has 0 bridgehead atoms. The van der Waals surface area contributed by atoms with E-state index < -0.39 is 0 Å². The molecule has 0 saturated carbocycles. The van der Waals surface area contributed by atoms with Gasteiger partial charge in [-0.15, -0.1) is 0 Å². The van der Waals surface area contributed by atoms with Gasteiger partial charge in [0, 0.05) is 33.0 Å². The third-order valence-corrected chi connectivity index (χ3v) is 2.55. The fraction of sp³-hybridized carbons (Fsp3) is 0.273. The highest BCUT2D eigenvalue weighted by Crippen LogP contribution is 2.32. The third-order valence-electron chi connectivity index (χ3n) is 2.55. The van der Waals surface area contributed by atoms with E-state index in [-0.39, 0.29) is 0 Å². The third kappa shape index (κ3) is 1.36. The Balaban J connectivity index is 2.49. The zero-order chi connectivity index (χ0) is 10.1. The number of anilines is 2. The number of nitrogens with two attached hydrogens (primary N) is 1. The molecule has 3 nitrogen and oxygen atoms in total. The van der Waals surface area contributed by atoms with Gasteiger partial charge in [-0.3, -0.25) is 0 Å². The highest BCUT2D eigenvalue weighted by Gasteiger charge is 2.12. The zero-order valence-electron chi connectivity index (χ0n) is 8.57. The van der Waals surface area contributed by atoms with E-state index in [1.807, 2.05) is 26.5 Å². The minimum atomic E-state index is 0.592. The van der Waals surface area contributed by atoms with Gasteiger partial charge in [-0.25, -0.2) is 0 Å². The summed E-state index contributed by atoms with van der Waals surface area (Å²) in [6.07, 6.45) is 4.09. The molecule has 0 atom stereocenters. The van der Waals surface area contributed by atoms with Crippen LogP contribution in [0.3, 0.4) is 0 Å². The van der Waals surface area contributed by atoms with Gasteiger partial charge in [0.15, 0.2) is 0 Å². The molecule has 0 amide bonds. The van der Waals surface area contributed by atoms with E-state index in [2.05, 4.69) is 28.0 Å². The summed E-state index contributed by atoms with van der Waals surface area (Å²) in [6, 6.07) is 6.31.